The van der Waals surface area contributed by atoms with Crippen LogP contribution >= 0.6 is 11.3 Å². The van der Waals surface area contributed by atoms with Gasteiger partial charge in [-0.15, -0.1) is 11.3 Å². The molecule has 0 radical (unpaired) electrons. The van der Waals surface area contributed by atoms with E-state index in [0.29, 0.717) is 11.2 Å². The highest BCUT2D eigenvalue weighted by Crippen LogP contribution is 2.49. The number of nitrogens with zero attached hydrogens (tertiary/aromatic N) is 2. The number of aliphatic imine (C=N–C) groups is 1. The summed E-state index contributed by atoms with van der Waals surface area (Å²) in [6, 6.07) is 9.78. The predicted molar refractivity (Wildman–Crippen MR) is 147 cm³/mol. The number of halogens is 2. The summed E-state index contributed by atoms with van der Waals surface area (Å²) in [4.78, 5) is 8.95. The van der Waals surface area contributed by atoms with E-state index >= 15 is 0 Å². The van der Waals surface area contributed by atoms with Gasteiger partial charge in [0, 0.05) is 58.9 Å². The molecule has 192 valence electrons. The van der Waals surface area contributed by atoms with Gasteiger partial charge in [0.1, 0.15) is 5.82 Å². The van der Waals surface area contributed by atoms with E-state index in [9.17, 15) is 13.9 Å². The lowest BCUT2D eigenvalue weighted by atomic mass is 9.77. The molecular weight excluding hydrogens is 464 g/mol. The fourth-order valence-electron chi connectivity index (χ4n) is 3.43. The molecule has 7 heteroatoms. The van der Waals surface area contributed by atoms with Gasteiger partial charge >= 0.3 is 0 Å². The van der Waals surface area contributed by atoms with Gasteiger partial charge in [0.25, 0.3) is 0 Å². The average molecular weight is 504 g/mol. The summed E-state index contributed by atoms with van der Waals surface area (Å²) in [7, 11) is 1.68. The molecule has 0 bridgehead atoms. The van der Waals surface area contributed by atoms with E-state index in [0.717, 1.165) is 31.7 Å². The number of aromatic nitrogens is 1. The zero-order chi connectivity index (χ0) is 26.4. The van der Waals surface area contributed by atoms with Crippen LogP contribution in [0.4, 0.5) is 14.6 Å². The highest BCUT2D eigenvalue weighted by atomic mass is 32.1. The molecule has 3 aromatic rings. The number of aliphatic hydroxyl groups is 1. The minimum Gasteiger partial charge on any atom is -0.387 e. The van der Waals surface area contributed by atoms with Gasteiger partial charge in [-0.1, -0.05) is 60.1 Å². The van der Waals surface area contributed by atoms with Crippen molar-refractivity contribution >= 4 is 33.5 Å². The molecule has 0 amide bonds. The Morgan fingerprint density at radius 3 is 2.37 bits per heavy atom. The Morgan fingerprint density at radius 2 is 1.83 bits per heavy atom. The fraction of sp³-hybridized carbons (Fsp3) is 0.500. The van der Waals surface area contributed by atoms with E-state index < -0.39 is 12.0 Å². The molecule has 0 spiro atoms. The van der Waals surface area contributed by atoms with E-state index in [4.69, 9.17) is 5.73 Å². The molecule has 1 unspecified atom stereocenters. The van der Waals surface area contributed by atoms with Gasteiger partial charge in [-0.3, -0.25) is 4.99 Å². The quantitative estimate of drug-likeness (QED) is 0.353. The number of nitrogen functional groups attached to an aromatic ring is 1. The third kappa shape index (κ3) is 7.80. The number of hydrogen-bond donors (Lipinski definition) is 2. The molecule has 1 saturated carbocycles. The van der Waals surface area contributed by atoms with E-state index in [1.165, 1.54) is 17.8 Å². The summed E-state index contributed by atoms with van der Waals surface area (Å²) in [5, 5.41) is 11.4. The predicted octanol–water partition coefficient (Wildman–Crippen LogP) is 8.14. The Hall–Kier alpha value is -2.38. The van der Waals surface area contributed by atoms with Gasteiger partial charge in [-0.25, -0.2) is 13.8 Å². The highest BCUT2D eigenvalue weighted by Gasteiger charge is 2.48. The van der Waals surface area contributed by atoms with Crippen LogP contribution in [0.1, 0.15) is 77.3 Å². The maximum Gasteiger partial charge on any atom is 0.248 e. The maximum atomic E-state index is 13.1. The van der Waals surface area contributed by atoms with Gasteiger partial charge in [0.05, 0.1) is 6.10 Å². The molecule has 2 heterocycles. The van der Waals surface area contributed by atoms with Crippen LogP contribution in [-0.2, 0) is 0 Å². The van der Waals surface area contributed by atoms with E-state index in [1.54, 1.807) is 19.5 Å². The lowest BCUT2D eigenvalue weighted by molar-refractivity contribution is -0.141. The number of hydrogen-bond acceptors (Lipinski definition) is 5. The van der Waals surface area contributed by atoms with Crippen LogP contribution in [0.2, 0.25) is 0 Å². The number of alkyl halides is 2. The average Bonchev–Trinajstić information content (AvgIpc) is 3.23. The third-order valence-electron chi connectivity index (χ3n) is 6.01. The summed E-state index contributed by atoms with van der Waals surface area (Å²) < 4.78 is 27.2. The highest BCUT2D eigenvalue weighted by molar-refractivity contribution is 7.19. The first-order valence-corrected chi connectivity index (χ1v) is 13.0. The van der Waals surface area contributed by atoms with Crippen LogP contribution in [-0.4, -0.2) is 29.3 Å². The molecule has 1 atom stereocenters. The Balaban J connectivity index is 0.000000474. The molecule has 0 aliphatic heterocycles. The Bertz CT molecular complexity index is 1130. The van der Waals surface area contributed by atoms with Crippen LogP contribution < -0.4 is 5.73 Å². The van der Waals surface area contributed by atoms with Crippen molar-refractivity contribution in [2.45, 2.75) is 72.8 Å². The van der Waals surface area contributed by atoms with Gasteiger partial charge in [-0.2, -0.15) is 0 Å². The largest absolute Gasteiger partial charge is 0.387 e. The minimum atomic E-state index is -2.63. The summed E-state index contributed by atoms with van der Waals surface area (Å²) in [6.45, 7) is 12.9. The van der Waals surface area contributed by atoms with Crippen molar-refractivity contribution < 1.29 is 13.9 Å². The number of nitrogens with two attached hydrogens (primary N) is 1. The summed E-state index contributed by atoms with van der Waals surface area (Å²) >= 11 is 1.44. The summed E-state index contributed by atoms with van der Waals surface area (Å²) in [6.07, 6.45) is 3.32. The molecule has 2 aromatic heterocycles. The van der Waals surface area contributed by atoms with Crippen LogP contribution in [0.25, 0.3) is 21.2 Å². The van der Waals surface area contributed by atoms with Crippen molar-refractivity contribution in [3.63, 3.8) is 0 Å². The first-order chi connectivity index (χ1) is 16.4. The molecule has 4 nitrogen and oxygen atoms in total. The summed E-state index contributed by atoms with van der Waals surface area (Å²) in [5.41, 5.74) is 9.04. The normalized spacial score (nSPS) is 16.2. The van der Waals surface area contributed by atoms with Crippen LogP contribution in [0.15, 0.2) is 41.5 Å². The molecule has 35 heavy (non-hydrogen) atoms. The molecule has 3 N–H and O–H groups in total. The third-order valence-corrected chi connectivity index (χ3v) is 7.18. The SMILES string of the molecule is CC.CCC(C)(C)C.CN=Cc1cc(-c2ccc3cc(C(O)C4CC(F)(F)C4)sc3c2)cnc1N. The van der Waals surface area contributed by atoms with Gasteiger partial charge in [0.2, 0.25) is 5.92 Å². The van der Waals surface area contributed by atoms with Gasteiger partial charge in [-0.05, 0) is 34.6 Å². The molecule has 1 aliphatic carbocycles. The fourth-order valence-corrected chi connectivity index (χ4v) is 4.62. The Kier molecular flexibility index (Phi) is 9.93. The van der Waals surface area contributed by atoms with Crippen LogP contribution in [0.3, 0.4) is 0 Å². The van der Waals surface area contributed by atoms with Crippen molar-refractivity contribution in [2.75, 3.05) is 12.8 Å². The molecule has 4 rings (SSSR count). The molecule has 1 aromatic carbocycles. The van der Waals surface area contributed by atoms with Crippen molar-refractivity contribution in [1.82, 2.24) is 4.98 Å². The second kappa shape index (κ2) is 12.0. The van der Waals surface area contributed by atoms with E-state index in [2.05, 4.69) is 37.7 Å². The lowest BCUT2D eigenvalue weighted by Gasteiger charge is -2.37. The van der Waals surface area contributed by atoms with Crippen LogP contribution in [0.5, 0.6) is 0 Å². The molecule has 1 aliphatic rings. The van der Waals surface area contributed by atoms with Gasteiger partial charge in [0.15, 0.2) is 0 Å². The number of rotatable bonds is 4. The van der Waals surface area contributed by atoms with Crippen molar-refractivity contribution in [1.29, 1.82) is 0 Å². The monoisotopic (exact) mass is 503 g/mol. The number of pyridine rings is 1. The van der Waals surface area contributed by atoms with Crippen molar-refractivity contribution in [3.8, 4) is 11.1 Å². The number of fused-ring (bicyclic) bond motifs is 1. The molecule has 1 fully saturated rings. The second-order valence-corrected chi connectivity index (χ2v) is 11.0. The zero-order valence-corrected chi connectivity index (χ0v) is 22.7. The topological polar surface area (TPSA) is 71.5 Å². The van der Waals surface area contributed by atoms with E-state index in [1.807, 2.05) is 44.2 Å². The second-order valence-electron chi connectivity index (χ2n) is 9.87. The number of aliphatic hydroxyl groups excluding tert-OH is 1. The zero-order valence-electron chi connectivity index (χ0n) is 21.9. The number of thiophene rings is 1. The Labute approximate surface area is 212 Å². The standard InChI is InChI=1S/C20H19F2N3OS.C6H14.C2H6/c1-24-9-14-4-13(10-25-19(14)23)11-2-3-12-6-17(27-16(12)5-11)18(26)15-7-20(21,22)8-15;1-5-6(2,3)4;1-2/h2-6,9-10,15,18,26H,7-8H2,1H3,(H2,23,25);5H2,1-4H3;1-2H3. The van der Waals surface area contributed by atoms with E-state index in [-0.39, 0.29) is 18.8 Å². The number of anilines is 1. The Morgan fingerprint density at radius 1 is 1.20 bits per heavy atom. The van der Waals surface area contributed by atoms with Crippen molar-refractivity contribution in [2.24, 2.45) is 16.3 Å². The van der Waals surface area contributed by atoms with Gasteiger partial charge < -0.3 is 10.8 Å². The molecular formula is C28H39F2N3OS. The smallest absolute Gasteiger partial charge is 0.248 e. The van der Waals surface area contributed by atoms with Crippen LogP contribution in [0, 0.1) is 11.3 Å². The summed E-state index contributed by atoms with van der Waals surface area (Å²) in [5.74, 6) is -2.58. The number of benzene rings is 1. The molecule has 0 saturated heterocycles. The van der Waals surface area contributed by atoms with Crippen molar-refractivity contribution in [3.05, 3.63) is 47.0 Å². The maximum absolute atomic E-state index is 13.1. The first kappa shape index (κ1) is 28.9. The lowest BCUT2D eigenvalue weighted by Crippen LogP contribution is -2.38. The minimum absolute atomic E-state index is 0.244. The first-order valence-electron chi connectivity index (χ1n) is 12.2.